The van der Waals surface area contributed by atoms with Crippen LogP contribution in [0.4, 0.5) is 4.39 Å². The monoisotopic (exact) mass is 275 g/mol. The predicted molar refractivity (Wildman–Crippen MR) is 62.5 cm³/mol. The van der Waals surface area contributed by atoms with Gasteiger partial charge >= 0.3 is 0 Å². The van der Waals surface area contributed by atoms with Gasteiger partial charge in [0.05, 0.1) is 6.10 Å². The standard InChI is InChI=1S/C11H15BrFNO/c1-14(8-11(15)6-12)7-9-3-2-4-10(13)5-9/h2-5,11,15H,6-8H2,1H3. The lowest BCUT2D eigenvalue weighted by Gasteiger charge is -2.19. The third kappa shape index (κ3) is 4.73. The molecule has 0 saturated heterocycles. The Morgan fingerprint density at radius 2 is 2.27 bits per heavy atom. The van der Waals surface area contributed by atoms with Gasteiger partial charge in [0.1, 0.15) is 5.82 Å². The molecule has 1 aromatic carbocycles. The minimum Gasteiger partial charge on any atom is -0.391 e. The zero-order valence-electron chi connectivity index (χ0n) is 8.66. The van der Waals surface area contributed by atoms with Gasteiger partial charge in [-0.3, -0.25) is 4.90 Å². The third-order valence-corrected chi connectivity index (χ3v) is 2.79. The first kappa shape index (κ1) is 12.6. The molecule has 2 nitrogen and oxygen atoms in total. The molecule has 0 radical (unpaired) electrons. The highest BCUT2D eigenvalue weighted by Gasteiger charge is 2.07. The van der Waals surface area contributed by atoms with E-state index in [0.29, 0.717) is 18.4 Å². The van der Waals surface area contributed by atoms with Crippen molar-refractivity contribution in [2.75, 3.05) is 18.9 Å². The highest BCUT2D eigenvalue weighted by atomic mass is 79.9. The van der Waals surface area contributed by atoms with E-state index in [1.54, 1.807) is 6.07 Å². The van der Waals surface area contributed by atoms with Crippen LogP contribution in [0.1, 0.15) is 5.56 Å². The summed E-state index contributed by atoms with van der Waals surface area (Å²) in [6.07, 6.45) is -0.386. The molecule has 0 amide bonds. The quantitative estimate of drug-likeness (QED) is 0.832. The van der Waals surface area contributed by atoms with Gasteiger partial charge in [0, 0.05) is 18.4 Å². The van der Waals surface area contributed by atoms with E-state index in [9.17, 15) is 9.50 Å². The molecule has 0 fully saturated rings. The summed E-state index contributed by atoms with van der Waals surface area (Å²) in [5, 5.41) is 9.95. The number of aliphatic hydroxyl groups is 1. The third-order valence-electron chi connectivity index (χ3n) is 2.04. The molecular formula is C11H15BrFNO. The Balaban J connectivity index is 2.47. The number of likely N-dealkylation sites (N-methyl/N-ethyl adjacent to an activating group) is 1. The molecule has 4 heteroatoms. The lowest BCUT2D eigenvalue weighted by Crippen LogP contribution is -2.29. The van der Waals surface area contributed by atoms with Crippen LogP contribution in [0.15, 0.2) is 24.3 Å². The van der Waals surface area contributed by atoms with Crippen molar-refractivity contribution in [3.05, 3.63) is 35.6 Å². The minimum absolute atomic E-state index is 0.220. The van der Waals surface area contributed by atoms with Crippen molar-refractivity contribution in [3.8, 4) is 0 Å². The number of nitrogens with zero attached hydrogens (tertiary/aromatic N) is 1. The van der Waals surface area contributed by atoms with Crippen molar-refractivity contribution in [2.45, 2.75) is 12.6 Å². The first-order chi connectivity index (χ1) is 7.11. The van der Waals surface area contributed by atoms with Crippen molar-refractivity contribution in [3.63, 3.8) is 0 Å². The zero-order chi connectivity index (χ0) is 11.3. The molecule has 0 aliphatic heterocycles. The number of aliphatic hydroxyl groups excluding tert-OH is 1. The molecule has 0 aliphatic rings. The second-order valence-electron chi connectivity index (χ2n) is 3.63. The molecule has 0 heterocycles. The van der Waals surface area contributed by atoms with E-state index in [2.05, 4.69) is 15.9 Å². The predicted octanol–water partition coefficient (Wildman–Crippen LogP) is 2.01. The second-order valence-corrected chi connectivity index (χ2v) is 4.28. The fourth-order valence-electron chi connectivity index (χ4n) is 1.42. The molecule has 0 spiro atoms. The molecule has 1 aromatic rings. The topological polar surface area (TPSA) is 23.5 Å². The fraction of sp³-hybridized carbons (Fsp3) is 0.455. The zero-order valence-corrected chi connectivity index (χ0v) is 10.2. The van der Waals surface area contributed by atoms with E-state index >= 15 is 0 Å². The number of hydrogen-bond donors (Lipinski definition) is 1. The Morgan fingerprint density at radius 3 is 2.87 bits per heavy atom. The second kappa shape index (κ2) is 6.20. The Labute approximate surface area is 97.8 Å². The number of hydrogen-bond acceptors (Lipinski definition) is 2. The van der Waals surface area contributed by atoms with Crippen LogP contribution in [-0.2, 0) is 6.54 Å². The summed E-state index contributed by atoms with van der Waals surface area (Å²) in [6.45, 7) is 1.21. The van der Waals surface area contributed by atoms with Crippen LogP contribution in [0, 0.1) is 5.82 Å². The van der Waals surface area contributed by atoms with Crippen molar-refractivity contribution in [1.82, 2.24) is 4.90 Å². The van der Waals surface area contributed by atoms with Crippen LogP contribution in [0.25, 0.3) is 0 Å². The Morgan fingerprint density at radius 1 is 1.53 bits per heavy atom. The lowest BCUT2D eigenvalue weighted by molar-refractivity contribution is 0.143. The van der Waals surface area contributed by atoms with Gasteiger partial charge in [-0.25, -0.2) is 4.39 Å². The maximum absolute atomic E-state index is 12.9. The van der Waals surface area contributed by atoms with Gasteiger partial charge in [-0.2, -0.15) is 0 Å². The normalized spacial score (nSPS) is 13.1. The van der Waals surface area contributed by atoms with Gasteiger partial charge in [-0.1, -0.05) is 28.1 Å². The van der Waals surface area contributed by atoms with Crippen LogP contribution < -0.4 is 0 Å². The molecule has 1 unspecified atom stereocenters. The summed E-state index contributed by atoms with van der Waals surface area (Å²) in [7, 11) is 1.90. The average molecular weight is 276 g/mol. The fourth-order valence-corrected chi connectivity index (χ4v) is 1.62. The van der Waals surface area contributed by atoms with Gasteiger partial charge in [-0.05, 0) is 24.7 Å². The number of halogens is 2. The van der Waals surface area contributed by atoms with Crippen molar-refractivity contribution in [2.24, 2.45) is 0 Å². The van der Waals surface area contributed by atoms with Crippen LogP contribution in [0.5, 0.6) is 0 Å². The van der Waals surface area contributed by atoms with Crippen LogP contribution in [0.3, 0.4) is 0 Å². The van der Waals surface area contributed by atoms with Gasteiger partial charge in [0.15, 0.2) is 0 Å². The Bertz CT molecular complexity index is 308. The van der Waals surface area contributed by atoms with E-state index in [1.165, 1.54) is 12.1 Å². The Kier molecular flexibility index (Phi) is 5.22. The number of alkyl halides is 1. The summed E-state index contributed by atoms with van der Waals surface area (Å²) < 4.78 is 12.9. The van der Waals surface area contributed by atoms with Crippen LogP contribution in [0.2, 0.25) is 0 Å². The van der Waals surface area contributed by atoms with E-state index in [4.69, 9.17) is 0 Å². The molecule has 1 N–H and O–H groups in total. The summed E-state index contributed by atoms with van der Waals surface area (Å²) in [6, 6.07) is 6.51. The molecule has 15 heavy (non-hydrogen) atoms. The molecular weight excluding hydrogens is 261 g/mol. The molecule has 84 valence electrons. The molecule has 0 saturated carbocycles. The minimum atomic E-state index is -0.386. The maximum Gasteiger partial charge on any atom is 0.123 e. The summed E-state index contributed by atoms with van der Waals surface area (Å²) in [5.41, 5.74) is 0.916. The molecule has 0 aromatic heterocycles. The highest BCUT2D eigenvalue weighted by Crippen LogP contribution is 2.06. The van der Waals surface area contributed by atoms with Crippen LogP contribution >= 0.6 is 15.9 Å². The van der Waals surface area contributed by atoms with Crippen molar-refractivity contribution < 1.29 is 9.50 Å². The highest BCUT2D eigenvalue weighted by molar-refractivity contribution is 9.09. The smallest absolute Gasteiger partial charge is 0.123 e. The molecule has 0 aliphatic carbocycles. The van der Waals surface area contributed by atoms with Crippen molar-refractivity contribution >= 4 is 15.9 Å². The number of rotatable bonds is 5. The summed E-state index contributed by atoms with van der Waals surface area (Å²) in [5.74, 6) is -0.220. The number of benzene rings is 1. The van der Waals surface area contributed by atoms with Gasteiger partial charge in [0.2, 0.25) is 0 Å². The molecule has 1 rings (SSSR count). The summed E-state index contributed by atoms with van der Waals surface area (Å²) in [4.78, 5) is 1.96. The van der Waals surface area contributed by atoms with Gasteiger partial charge < -0.3 is 5.11 Å². The maximum atomic E-state index is 12.9. The van der Waals surface area contributed by atoms with E-state index < -0.39 is 0 Å². The summed E-state index contributed by atoms with van der Waals surface area (Å²) >= 11 is 3.20. The first-order valence-electron chi connectivity index (χ1n) is 4.79. The largest absolute Gasteiger partial charge is 0.391 e. The van der Waals surface area contributed by atoms with Gasteiger partial charge in [-0.15, -0.1) is 0 Å². The first-order valence-corrected chi connectivity index (χ1v) is 5.91. The Hall–Kier alpha value is -0.450. The van der Waals surface area contributed by atoms with Crippen LogP contribution in [-0.4, -0.2) is 35.0 Å². The van der Waals surface area contributed by atoms with Crippen molar-refractivity contribution in [1.29, 1.82) is 0 Å². The van der Waals surface area contributed by atoms with E-state index in [0.717, 1.165) is 5.56 Å². The molecule has 0 bridgehead atoms. The average Bonchev–Trinajstić information content (AvgIpc) is 2.17. The molecule has 1 atom stereocenters. The van der Waals surface area contributed by atoms with E-state index in [-0.39, 0.29) is 11.9 Å². The van der Waals surface area contributed by atoms with E-state index in [1.807, 2.05) is 18.0 Å². The van der Waals surface area contributed by atoms with Gasteiger partial charge in [0.25, 0.3) is 0 Å². The SMILES string of the molecule is CN(Cc1cccc(F)c1)CC(O)CBr. The lowest BCUT2D eigenvalue weighted by atomic mass is 10.2.